The van der Waals surface area contributed by atoms with Gasteiger partial charge in [0.05, 0.1) is 19.6 Å². The lowest BCUT2D eigenvalue weighted by Gasteiger charge is -2.00. The van der Waals surface area contributed by atoms with Gasteiger partial charge in [-0.25, -0.2) is 9.41 Å². The molecule has 0 amide bonds. The minimum Gasteiger partial charge on any atom is -0.326 e. The van der Waals surface area contributed by atoms with Gasteiger partial charge in [0, 0.05) is 12.4 Å². The number of aromatic nitrogens is 2. The van der Waals surface area contributed by atoms with Gasteiger partial charge >= 0.3 is 9.04 Å². The molecular formula is C8H13N2O2Si+. The van der Waals surface area contributed by atoms with Gasteiger partial charge in [-0.15, -0.1) is 0 Å². The Morgan fingerprint density at radius 1 is 1.69 bits per heavy atom. The lowest BCUT2D eigenvalue weighted by molar-refractivity contribution is 0.111. The summed E-state index contributed by atoms with van der Waals surface area (Å²) in [7, 11) is -0.629. The van der Waals surface area contributed by atoms with E-state index in [1.165, 1.54) is 0 Å². The van der Waals surface area contributed by atoms with Gasteiger partial charge in [-0.05, 0) is 0 Å². The normalized spacial score (nSPS) is 10.0. The number of nitrogens with zero attached hydrogens (tertiary/aromatic N) is 2. The van der Waals surface area contributed by atoms with Crippen LogP contribution in [0.15, 0.2) is 12.4 Å². The molecule has 70 valence electrons. The summed E-state index contributed by atoms with van der Waals surface area (Å²) in [5.41, 5.74) is 0. The maximum absolute atomic E-state index is 10.5. The smallest absolute Gasteiger partial charge is 0.326 e. The zero-order valence-electron chi connectivity index (χ0n) is 7.86. The molecule has 4 nitrogen and oxygen atoms in total. The second-order valence-electron chi connectivity index (χ2n) is 2.85. The lowest BCUT2D eigenvalue weighted by atomic mass is 10.6. The van der Waals surface area contributed by atoms with Gasteiger partial charge in [0.1, 0.15) is 6.61 Å². The molecule has 0 bridgehead atoms. The van der Waals surface area contributed by atoms with E-state index in [2.05, 4.69) is 18.1 Å². The van der Waals surface area contributed by atoms with Crippen LogP contribution in [0.4, 0.5) is 0 Å². The number of hydrogen-bond donors (Lipinski definition) is 0. The van der Waals surface area contributed by atoms with E-state index in [1.54, 1.807) is 17.0 Å². The quantitative estimate of drug-likeness (QED) is 0.521. The summed E-state index contributed by atoms with van der Waals surface area (Å²) in [5, 5.41) is 0. The molecule has 1 aromatic heterocycles. The van der Waals surface area contributed by atoms with Gasteiger partial charge in [0.2, 0.25) is 0 Å². The highest BCUT2D eigenvalue weighted by Crippen LogP contribution is 1.94. The molecule has 1 heterocycles. The van der Waals surface area contributed by atoms with E-state index < -0.39 is 9.04 Å². The van der Waals surface area contributed by atoms with Crippen molar-refractivity contribution in [1.82, 2.24) is 9.55 Å². The van der Waals surface area contributed by atoms with Crippen molar-refractivity contribution in [2.24, 2.45) is 0 Å². The Bertz CT molecular complexity index is 273. The average molecular weight is 197 g/mol. The molecular weight excluding hydrogens is 184 g/mol. The fourth-order valence-corrected chi connectivity index (χ4v) is 1.48. The first-order valence-corrected chi connectivity index (χ1v) is 6.54. The van der Waals surface area contributed by atoms with Crippen molar-refractivity contribution in [3.05, 3.63) is 18.2 Å². The van der Waals surface area contributed by atoms with Crippen molar-refractivity contribution in [2.45, 2.75) is 19.6 Å². The molecule has 0 N–H and O–H groups in total. The maximum atomic E-state index is 10.5. The lowest BCUT2D eigenvalue weighted by Crippen LogP contribution is -2.14. The van der Waals surface area contributed by atoms with Crippen molar-refractivity contribution in [3.8, 4) is 0 Å². The summed E-state index contributed by atoms with van der Waals surface area (Å²) in [6, 6.07) is 0. The van der Waals surface area contributed by atoms with Crippen molar-refractivity contribution in [3.63, 3.8) is 0 Å². The van der Waals surface area contributed by atoms with Crippen molar-refractivity contribution in [2.75, 3.05) is 6.61 Å². The first-order chi connectivity index (χ1) is 6.24. The van der Waals surface area contributed by atoms with Gasteiger partial charge in [-0.3, -0.25) is 4.79 Å². The number of aldehydes is 1. The first-order valence-electron chi connectivity index (χ1n) is 4.13. The Balaban J connectivity index is 2.40. The Hall–Kier alpha value is -0.943. The minimum atomic E-state index is -0.629. The Kier molecular flexibility index (Phi) is 3.85. The highest BCUT2D eigenvalue weighted by atomic mass is 28.3. The van der Waals surface area contributed by atoms with E-state index in [4.69, 9.17) is 4.43 Å². The number of carbonyl (C=O) groups is 1. The summed E-state index contributed by atoms with van der Waals surface area (Å²) >= 11 is 0. The summed E-state index contributed by atoms with van der Waals surface area (Å²) in [5.74, 6) is 0.463. The molecule has 0 saturated heterocycles. The first kappa shape index (κ1) is 10.1. The monoisotopic (exact) mass is 197 g/mol. The molecule has 0 radical (unpaired) electrons. The van der Waals surface area contributed by atoms with E-state index in [1.807, 2.05) is 0 Å². The standard InChI is InChI=1S/C8H13N2O2Si/c1-13(2)12-6-5-10-4-3-9-8(10)7-11/h3-4,7H,5-6H2,1-2H3/q+1. The second-order valence-corrected chi connectivity index (χ2v) is 4.96. The van der Waals surface area contributed by atoms with Crippen LogP contribution in [-0.2, 0) is 11.0 Å². The van der Waals surface area contributed by atoms with Crippen LogP contribution in [0.2, 0.25) is 13.1 Å². The average Bonchev–Trinajstić information content (AvgIpc) is 2.51. The highest BCUT2D eigenvalue weighted by Gasteiger charge is 2.12. The number of hydrogen-bond acceptors (Lipinski definition) is 3. The Labute approximate surface area is 79.3 Å². The van der Waals surface area contributed by atoms with Crippen LogP contribution in [-0.4, -0.2) is 31.5 Å². The third-order valence-electron chi connectivity index (χ3n) is 1.58. The van der Waals surface area contributed by atoms with Crippen molar-refractivity contribution >= 4 is 15.3 Å². The van der Waals surface area contributed by atoms with Gasteiger partial charge in [-0.2, -0.15) is 0 Å². The van der Waals surface area contributed by atoms with Crippen LogP contribution < -0.4 is 0 Å². The molecule has 0 unspecified atom stereocenters. The molecule has 1 rings (SSSR count). The summed E-state index contributed by atoms with van der Waals surface area (Å²) in [6.07, 6.45) is 4.15. The number of rotatable bonds is 5. The fraction of sp³-hybridized carbons (Fsp3) is 0.500. The van der Waals surface area contributed by atoms with Crippen molar-refractivity contribution in [1.29, 1.82) is 0 Å². The van der Waals surface area contributed by atoms with Crippen LogP contribution in [0.5, 0.6) is 0 Å². The summed E-state index contributed by atoms with van der Waals surface area (Å²) in [6.45, 7) is 5.51. The van der Waals surface area contributed by atoms with Gasteiger partial charge < -0.3 is 4.57 Å². The summed E-state index contributed by atoms with van der Waals surface area (Å²) < 4.78 is 7.24. The molecule has 1 aromatic rings. The predicted molar refractivity (Wildman–Crippen MR) is 51.0 cm³/mol. The maximum Gasteiger partial charge on any atom is 0.466 e. The summed E-state index contributed by atoms with van der Waals surface area (Å²) in [4.78, 5) is 14.3. The third-order valence-corrected chi connectivity index (χ3v) is 2.36. The van der Waals surface area contributed by atoms with Crippen LogP contribution in [0, 0.1) is 0 Å². The molecule has 0 aliphatic heterocycles. The third kappa shape index (κ3) is 3.12. The molecule has 0 aliphatic carbocycles. The SMILES string of the molecule is C[Si+](C)OCCn1ccnc1C=O. The minimum absolute atomic E-state index is 0.463. The van der Waals surface area contributed by atoms with Crippen molar-refractivity contribution < 1.29 is 9.22 Å². The topological polar surface area (TPSA) is 44.1 Å². The predicted octanol–water partition coefficient (Wildman–Crippen LogP) is 0.963. The van der Waals surface area contributed by atoms with E-state index in [9.17, 15) is 4.79 Å². The van der Waals surface area contributed by atoms with Crippen LogP contribution in [0.3, 0.4) is 0 Å². The Morgan fingerprint density at radius 3 is 3.08 bits per heavy atom. The van der Waals surface area contributed by atoms with E-state index in [-0.39, 0.29) is 0 Å². The number of imidazole rings is 1. The molecule has 5 heteroatoms. The van der Waals surface area contributed by atoms with E-state index >= 15 is 0 Å². The van der Waals surface area contributed by atoms with Gasteiger partial charge in [0.15, 0.2) is 12.1 Å². The molecule has 13 heavy (non-hydrogen) atoms. The highest BCUT2D eigenvalue weighted by molar-refractivity contribution is 6.48. The van der Waals surface area contributed by atoms with E-state index in [0.717, 1.165) is 6.29 Å². The van der Waals surface area contributed by atoms with Crippen LogP contribution >= 0.6 is 0 Å². The molecule has 0 fully saturated rings. The zero-order chi connectivity index (χ0) is 9.68. The Morgan fingerprint density at radius 2 is 2.46 bits per heavy atom. The van der Waals surface area contributed by atoms with Crippen LogP contribution in [0.25, 0.3) is 0 Å². The molecule has 0 aliphatic rings. The van der Waals surface area contributed by atoms with Crippen LogP contribution in [0.1, 0.15) is 10.6 Å². The molecule has 0 spiro atoms. The molecule has 0 saturated carbocycles. The molecule has 0 aromatic carbocycles. The number of carbonyl (C=O) groups excluding carboxylic acids is 1. The molecule has 0 atom stereocenters. The second kappa shape index (κ2) is 4.93. The fourth-order valence-electron chi connectivity index (χ4n) is 0.976. The largest absolute Gasteiger partial charge is 0.466 e. The zero-order valence-corrected chi connectivity index (χ0v) is 8.86. The van der Waals surface area contributed by atoms with Gasteiger partial charge in [-0.1, -0.05) is 0 Å². The van der Waals surface area contributed by atoms with Gasteiger partial charge in [0.25, 0.3) is 0 Å². The van der Waals surface area contributed by atoms with E-state index in [0.29, 0.717) is 19.0 Å².